The molecule has 0 amide bonds. The summed E-state index contributed by atoms with van der Waals surface area (Å²) in [6, 6.07) is 3.96. The predicted molar refractivity (Wildman–Crippen MR) is 56.9 cm³/mol. The summed E-state index contributed by atoms with van der Waals surface area (Å²) in [7, 11) is 0. The lowest BCUT2D eigenvalue weighted by atomic mass is 10.0. The van der Waals surface area contributed by atoms with Crippen LogP contribution in [0.1, 0.15) is 24.8 Å². The van der Waals surface area contributed by atoms with Gasteiger partial charge in [0.05, 0.1) is 6.10 Å². The second kappa shape index (κ2) is 6.51. The van der Waals surface area contributed by atoms with Crippen molar-refractivity contribution in [1.29, 1.82) is 0 Å². The Morgan fingerprint density at radius 3 is 2.64 bits per heavy atom. The molecular formula is C11H18N2O. The van der Waals surface area contributed by atoms with E-state index in [0.717, 1.165) is 25.7 Å². The van der Waals surface area contributed by atoms with Crippen LogP contribution in [0.15, 0.2) is 24.5 Å². The summed E-state index contributed by atoms with van der Waals surface area (Å²) in [6.07, 6.45) is 6.77. The van der Waals surface area contributed by atoms with Crippen LogP contribution in [0.2, 0.25) is 0 Å². The monoisotopic (exact) mass is 194 g/mol. The molecule has 0 fully saturated rings. The van der Waals surface area contributed by atoms with Gasteiger partial charge < -0.3 is 10.8 Å². The number of nitrogens with zero attached hydrogens (tertiary/aromatic N) is 1. The number of aromatic nitrogens is 1. The lowest BCUT2D eigenvalue weighted by Crippen LogP contribution is -2.10. The van der Waals surface area contributed by atoms with E-state index in [1.807, 2.05) is 12.1 Å². The topological polar surface area (TPSA) is 59.1 Å². The van der Waals surface area contributed by atoms with Gasteiger partial charge in [-0.1, -0.05) is 0 Å². The molecule has 1 aromatic rings. The van der Waals surface area contributed by atoms with Gasteiger partial charge in [0.15, 0.2) is 0 Å². The summed E-state index contributed by atoms with van der Waals surface area (Å²) in [4.78, 5) is 3.94. The number of nitrogens with two attached hydrogens (primary N) is 1. The molecule has 3 N–H and O–H groups in total. The first-order valence-electron chi connectivity index (χ1n) is 5.10. The van der Waals surface area contributed by atoms with E-state index in [-0.39, 0.29) is 6.10 Å². The Bertz CT molecular complexity index is 238. The van der Waals surface area contributed by atoms with Crippen molar-refractivity contribution in [2.45, 2.75) is 31.8 Å². The van der Waals surface area contributed by atoms with Gasteiger partial charge >= 0.3 is 0 Å². The van der Waals surface area contributed by atoms with Crippen LogP contribution in [0.4, 0.5) is 0 Å². The van der Waals surface area contributed by atoms with E-state index in [1.165, 1.54) is 5.56 Å². The third-order valence-electron chi connectivity index (χ3n) is 2.26. The van der Waals surface area contributed by atoms with Crippen molar-refractivity contribution in [2.24, 2.45) is 5.73 Å². The van der Waals surface area contributed by atoms with Crippen LogP contribution in [-0.2, 0) is 6.42 Å². The SMILES string of the molecule is NCCCC(O)CCc1ccncc1. The van der Waals surface area contributed by atoms with Crippen molar-refractivity contribution >= 4 is 0 Å². The second-order valence-corrected chi connectivity index (χ2v) is 3.48. The number of rotatable bonds is 6. The van der Waals surface area contributed by atoms with Crippen LogP contribution in [0.25, 0.3) is 0 Å². The summed E-state index contributed by atoms with van der Waals surface area (Å²) < 4.78 is 0. The zero-order chi connectivity index (χ0) is 10.2. The summed E-state index contributed by atoms with van der Waals surface area (Å²) in [5, 5.41) is 9.57. The van der Waals surface area contributed by atoms with Gasteiger partial charge in [0.2, 0.25) is 0 Å². The number of aryl methyl sites for hydroxylation is 1. The lowest BCUT2D eigenvalue weighted by molar-refractivity contribution is 0.153. The first-order chi connectivity index (χ1) is 6.83. The highest BCUT2D eigenvalue weighted by Crippen LogP contribution is 2.07. The Balaban J connectivity index is 2.20. The predicted octanol–water partition coefficient (Wildman–Crippen LogP) is 1.11. The minimum absolute atomic E-state index is 0.216. The van der Waals surface area contributed by atoms with Gasteiger partial charge in [0.25, 0.3) is 0 Å². The summed E-state index contributed by atoms with van der Waals surface area (Å²) in [5.41, 5.74) is 6.59. The molecule has 1 heterocycles. The Hall–Kier alpha value is -0.930. The average Bonchev–Trinajstić information content (AvgIpc) is 2.25. The molecule has 0 saturated carbocycles. The molecule has 0 radical (unpaired) electrons. The van der Waals surface area contributed by atoms with E-state index < -0.39 is 0 Å². The summed E-state index contributed by atoms with van der Waals surface area (Å²) in [6.45, 7) is 0.659. The Morgan fingerprint density at radius 2 is 2.00 bits per heavy atom. The minimum Gasteiger partial charge on any atom is -0.393 e. The maximum atomic E-state index is 9.57. The van der Waals surface area contributed by atoms with Crippen LogP contribution in [0.5, 0.6) is 0 Å². The largest absolute Gasteiger partial charge is 0.393 e. The number of pyridine rings is 1. The van der Waals surface area contributed by atoms with Crippen molar-refractivity contribution in [1.82, 2.24) is 4.98 Å². The van der Waals surface area contributed by atoms with E-state index in [0.29, 0.717) is 6.54 Å². The molecule has 78 valence electrons. The highest BCUT2D eigenvalue weighted by molar-refractivity contribution is 5.09. The molecule has 1 aromatic heterocycles. The van der Waals surface area contributed by atoms with Gasteiger partial charge in [-0.3, -0.25) is 4.98 Å². The molecule has 14 heavy (non-hydrogen) atoms. The number of aliphatic hydroxyl groups is 1. The van der Waals surface area contributed by atoms with E-state index in [2.05, 4.69) is 4.98 Å². The molecule has 0 aromatic carbocycles. The molecule has 0 saturated heterocycles. The standard InChI is InChI=1S/C11H18N2O/c12-7-1-2-11(14)4-3-10-5-8-13-9-6-10/h5-6,8-9,11,14H,1-4,7,12H2. The van der Waals surface area contributed by atoms with Crippen molar-refractivity contribution in [3.8, 4) is 0 Å². The van der Waals surface area contributed by atoms with E-state index in [9.17, 15) is 5.11 Å². The lowest BCUT2D eigenvalue weighted by Gasteiger charge is -2.09. The first-order valence-corrected chi connectivity index (χ1v) is 5.10. The van der Waals surface area contributed by atoms with Crippen LogP contribution in [0.3, 0.4) is 0 Å². The number of hydrogen-bond donors (Lipinski definition) is 2. The van der Waals surface area contributed by atoms with Crippen molar-refractivity contribution in [2.75, 3.05) is 6.54 Å². The van der Waals surface area contributed by atoms with Gasteiger partial charge in [-0.25, -0.2) is 0 Å². The zero-order valence-electron chi connectivity index (χ0n) is 8.39. The maximum Gasteiger partial charge on any atom is 0.0543 e. The minimum atomic E-state index is -0.216. The van der Waals surface area contributed by atoms with Crippen molar-refractivity contribution < 1.29 is 5.11 Å². The van der Waals surface area contributed by atoms with Crippen LogP contribution >= 0.6 is 0 Å². The second-order valence-electron chi connectivity index (χ2n) is 3.48. The molecule has 0 spiro atoms. The van der Waals surface area contributed by atoms with Crippen LogP contribution in [-0.4, -0.2) is 22.7 Å². The summed E-state index contributed by atoms with van der Waals surface area (Å²) >= 11 is 0. The van der Waals surface area contributed by atoms with Gasteiger partial charge in [-0.15, -0.1) is 0 Å². The fourth-order valence-electron chi connectivity index (χ4n) is 1.38. The van der Waals surface area contributed by atoms with E-state index in [4.69, 9.17) is 5.73 Å². The molecule has 0 aliphatic carbocycles. The van der Waals surface area contributed by atoms with Crippen LogP contribution in [0, 0.1) is 0 Å². The Labute approximate surface area is 85.0 Å². The average molecular weight is 194 g/mol. The van der Waals surface area contributed by atoms with E-state index >= 15 is 0 Å². The fourth-order valence-corrected chi connectivity index (χ4v) is 1.38. The molecule has 1 unspecified atom stereocenters. The van der Waals surface area contributed by atoms with Crippen molar-refractivity contribution in [3.63, 3.8) is 0 Å². The maximum absolute atomic E-state index is 9.57. The molecule has 0 aliphatic heterocycles. The van der Waals surface area contributed by atoms with Crippen LogP contribution < -0.4 is 5.73 Å². The fraction of sp³-hybridized carbons (Fsp3) is 0.545. The number of aliphatic hydroxyl groups excluding tert-OH is 1. The van der Waals surface area contributed by atoms with Gasteiger partial charge in [0, 0.05) is 12.4 Å². The smallest absolute Gasteiger partial charge is 0.0543 e. The van der Waals surface area contributed by atoms with Gasteiger partial charge in [-0.2, -0.15) is 0 Å². The van der Waals surface area contributed by atoms with Gasteiger partial charge in [0.1, 0.15) is 0 Å². The quantitative estimate of drug-likeness (QED) is 0.713. The highest BCUT2D eigenvalue weighted by atomic mass is 16.3. The van der Waals surface area contributed by atoms with Crippen molar-refractivity contribution in [3.05, 3.63) is 30.1 Å². The molecule has 0 bridgehead atoms. The third kappa shape index (κ3) is 4.35. The van der Waals surface area contributed by atoms with E-state index in [1.54, 1.807) is 12.4 Å². The first kappa shape index (κ1) is 11.1. The third-order valence-corrected chi connectivity index (χ3v) is 2.26. The molecule has 0 aliphatic rings. The highest BCUT2D eigenvalue weighted by Gasteiger charge is 2.03. The molecule has 1 rings (SSSR count). The van der Waals surface area contributed by atoms with Gasteiger partial charge in [-0.05, 0) is 49.9 Å². The molecular weight excluding hydrogens is 176 g/mol. The zero-order valence-corrected chi connectivity index (χ0v) is 8.39. The normalized spacial score (nSPS) is 12.7. The molecule has 3 nitrogen and oxygen atoms in total. The summed E-state index contributed by atoms with van der Waals surface area (Å²) in [5.74, 6) is 0. The molecule has 1 atom stereocenters. The number of hydrogen-bond acceptors (Lipinski definition) is 3. The Kier molecular flexibility index (Phi) is 5.19. The Morgan fingerprint density at radius 1 is 1.29 bits per heavy atom. The molecule has 3 heteroatoms.